The van der Waals surface area contributed by atoms with Crippen molar-refractivity contribution in [1.82, 2.24) is 0 Å². The zero-order chi connectivity index (χ0) is 21.9. The maximum absolute atomic E-state index is 12.8. The molecule has 0 saturated heterocycles. The van der Waals surface area contributed by atoms with Crippen LogP contribution in [0.25, 0.3) is 0 Å². The molecule has 2 aromatic carbocycles. The number of hydrogen-bond donors (Lipinski definition) is 2. The van der Waals surface area contributed by atoms with Gasteiger partial charge < -0.3 is 24.8 Å². The number of nitriles is 1. The average Bonchev–Trinajstić information content (AvgIpc) is 2.72. The van der Waals surface area contributed by atoms with Crippen LogP contribution in [0.5, 0.6) is 17.2 Å². The molecule has 2 N–H and O–H groups in total. The molecule has 0 aliphatic heterocycles. The molecule has 0 bridgehead atoms. The van der Waals surface area contributed by atoms with E-state index in [1.807, 2.05) is 20.8 Å². The number of rotatable bonds is 10. The van der Waals surface area contributed by atoms with Crippen molar-refractivity contribution in [2.75, 3.05) is 30.5 Å². The smallest absolute Gasteiger partial charge is 0.255 e. The second kappa shape index (κ2) is 11.3. The van der Waals surface area contributed by atoms with Crippen LogP contribution in [-0.4, -0.2) is 31.6 Å². The summed E-state index contributed by atoms with van der Waals surface area (Å²) >= 11 is 0. The van der Waals surface area contributed by atoms with E-state index in [0.29, 0.717) is 54.0 Å². The number of carbonyl (C=O) groups excluding carboxylic acids is 2. The molecule has 0 saturated carbocycles. The van der Waals surface area contributed by atoms with Crippen molar-refractivity contribution in [2.45, 2.75) is 27.2 Å². The lowest BCUT2D eigenvalue weighted by molar-refractivity contribution is -0.115. The highest BCUT2D eigenvalue weighted by atomic mass is 16.5. The van der Waals surface area contributed by atoms with Crippen molar-refractivity contribution >= 4 is 23.2 Å². The van der Waals surface area contributed by atoms with Crippen LogP contribution < -0.4 is 24.8 Å². The van der Waals surface area contributed by atoms with Gasteiger partial charge in [-0.05, 0) is 57.2 Å². The number of nitrogens with one attached hydrogen (secondary N) is 2. The predicted octanol–water partition coefficient (Wildman–Crippen LogP) is 3.99. The summed E-state index contributed by atoms with van der Waals surface area (Å²) in [5.41, 5.74) is 1.44. The zero-order valence-electron chi connectivity index (χ0n) is 17.3. The second-order valence-corrected chi connectivity index (χ2v) is 6.02. The fourth-order valence-electron chi connectivity index (χ4n) is 2.64. The highest BCUT2D eigenvalue weighted by Crippen LogP contribution is 2.39. The molecular weight excluding hydrogens is 386 g/mol. The first-order valence-corrected chi connectivity index (χ1v) is 9.66. The number of anilines is 2. The third kappa shape index (κ3) is 6.14. The maximum atomic E-state index is 12.8. The fraction of sp³-hybridized carbons (Fsp3) is 0.318. The molecule has 2 amide bonds. The van der Waals surface area contributed by atoms with Crippen molar-refractivity contribution in [3.05, 3.63) is 42.0 Å². The Hall–Kier alpha value is -3.73. The summed E-state index contributed by atoms with van der Waals surface area (Å²) in [6.45, 7) is 6.81. The number of amides is 2. The lowest BCUT2D eigenvalue weighted by Crippen LogP contribution is -2.14. The minimum atomic E-state index is -0.393. The normalized spacial score (nSPS) is 9.93. The molecule has 30 heavy (non-hydrogen) atoms. The minimum absolute atomic E-state index is 0.222. The van der Waals surface area contributed by atoms with Crippen molar-refractivity contribution in [1.29, 1.82) is 5.26 Å². The monoisotopic (exact) mass is 411 g/mol. The van der Waals surface area contributed by atoms with Gasteiger partial charge in [-0.1, -0.05) is 0 Å². The molecule has 0 spiro atoms. The topological polar surface area (TPSA) is 110 Å². The molecule has 0 aliphatic rings. The van der Waals surface area contributed by atoms with Gasteiger partial charge in [0.2, 0.25) is 11.7 Å². The quantitative estimate of drug-likeness (QED) is 0.612. The molecule has 0 heterocycles. The first-order valence-electron chi connectivity index (χ1n) is 9.66. The Kier molecular flexibility index (Phi) is 8.51. The third-order valence-corrected chi connectivity index (χ3v) is 3.84. The molecule has 2 aromatic rings. The van der Waals surface area contributed by atoms with E-state index in [-0.39, 0.29) is 12.3 Å². The van der Waals surface area contributed by atoms with Gasteiger partial charge in [0.15, 0.2) is 11.5 Å². The van der Waals surface area contributed by atoms with Crippen LogP contribution >= 0.6 is 0 Å². The van der Waals surface area contributed by atoms with Gasteiger partial charge in [-0.2, -0.15) is 5.26 Å². The van der Waals surface area contributed by atoms with E-state index in [1.54, 1.807) is 42.5 Å². The molecule has 0 aliphatic carbocycles. The van der Waals surface area contributed by atoms with E-state index in [1.165, 1.54) is 0 Å². The van der Waals surface area contributed by atoms with Crippen LogP contribution in [0.15, 0.2) is 36.4 Å². The summed E-state index contributed by atoms with van der Waals surface area (Å²) in [5.74, 6) is 0.601. The number of ether oxygens (including phenoxy) is 3. The van der Waals surface area contributed by atoms with Gasteiger partial charge >= 0.3 is 0 Å². The molecule has 2 rings (SSSR count). The second-order valence-electron chi connectivity index (χ2n) is 6.02. The fourth-order valence-corrected chi connectivity index (χ4v) is 2.64. The van der Waals surface area contributed by atoms with Crippen molar-refractivity contribution < 1.29 is 23.8 Å². The Morgan fingerprint density at radius 1 is 0.867 bits per heavy atom. The molecule has 0 radical (unpaired) electrons. The Morgan fingerprint density at radius 3 is 1.83 bits per heavy atom. The van der Waals surface area contributed by atoms with Gasteiger partial charge in [0.1, 0.15) is 6.42 Å². The van der Waals surface area contributed by atoms with E-state index in [4.69, 9.17) is 19.5 Å². The molecular formula is C22H25N3O5. The van der Waals surface area contributed by atoms with Gasteiger partial charge in [0, 0.05) is 16.9 Å². The number of hydrogen-bond acceptors (Lipinski definition) is 6. The summed E-state index contributed by atoms with van der Waals surface area (Å²) in [6, 6.07) is 11.6. The molecule has 0 atom stereocenters. The van der Waals surface area contributed by atoms with E-state index < -0.39 is 5.91 Å². The van der Waals surface area contributed by atoms with E-state index >= 15 is 0 Å². The minimum Gasteiger partial charge on any atom is -0.490 e. The van der Waals surface area contributed by atoms with E-state index in [9.17, 15) is 9.59 Å². The molecule has 8 nitrogen and oxygen atoms in total. The van der Waals surface area contributed by atoms with Gasteiger partial charge in [-0.25, -0.2) is 0 Å². The zero-order valence-corrected chi connectivity index (χ0v) is 17.3. The summed E-state index contributed by atoms with van der Waals surface area (Å²) in [7, 11) is 0. The Bertz CT molecular complexity index is 892. The SMILES string of the molecule is CCOc1cc(C(=O)Nc2ccc(NC(=O)CC#N)cc2)cc(OCC)c1OCC. The Labute approximate surface area is 175 Å². The Balaban J connectivity index is 2.21. The van der Waals surface area contributed by atoms with Gasteiger partial charge in [-0.15, -0.1) is 0 Å². The van der Waals surface area contributed by atoms with Crippen molar-refractivity contribution in [2.24, 2.45) is 0 Å². The number of benzene rings is 2. The van der Waals surface area contributed by atoms with Crippen molar-refractivity contribution in [3.8, 4) is 23.3 Å². The maximum Gasteiger partial charge on any atom is 0.255 e. The van der Waals surface area contributed by atoms with Crippen LogP contribution in [0.4, 0.5) is 11.4 Å². The van der Waals surface area contributed by atoms with E-state index in [2.05, 4.69) is 10.6 Å². The molecule has 0 fully saturated rings. The first-order chi connectivity index (χ1) is 14.5. The lowest BCUT2D eigenvalue weighted by atomic mass is 10.1. The summed E-state index contributed by atoms with van der Waals surface area (Å²) in [4.78, 5) is 24.2. The van der Waals surface area contributed by atoms with Crippen LogP contribution in [-0.2, 0) is 4.79 Å². The highest BCUT2D eigenvalue weighted by molar-refractivity contribution is 6.05. The number of carbonyl (C=O) groups is 2. The standard InChI is InChI=1S/C22H25N3O5/c1-4-28-18-13-15(14-19(29-5-2)21(18)30-6-3)22(27)25-17-9-7-16(8-10-17)24-20(26)11-12-23/h7-10,13-14H,4-6,11H2,1-3H3,(H,24,26)(H,25,27). The molecule has 158 valence electrons. The lowest BCUT2D eigenvalue weighted by Gasteiger charge is -2.17. The van der Waals surface area contributed by atoms with Gasteiger partial charge in [-0.3, -0.25) is 9.59 Å². The van der Waals surface area contributed by atoms with Gasteiger partial charge in [0.05, 0.1) is 25.9 Å². The van der Waals surface area contributed by atoms with Crippen molar-refractivity contribution in [3.63, 3.8) is 0 Å². The summed E-state index contributed by atoms with van der Waals surface area (Å²) in [6.07, 6.45) is -0.222. The molecule has 8 heteroatoms. The summed E-state index contributed by atoms with van der Waals surface area (Å²) < 4.78 is 16.9. The Morgan fingerprint density at radius 2 is 1.37 bits per heavy atom. The highest BCUT2D eigenvalue weighted by Gasteiger charge is 2.18. The predicted molar refractivity (Wildman–Crippen MR) is 113 cm³/mol. The molecule has 0 aromatic heterocycles. The van der Waals surface area contributed by atoms with Crippen LogP contribution in [0, 0.1) is 11.3 Å². The van der Waals surface area contributed by atoms with Crippen LogP contribution in [0.1, 0.15) is 37.6 Å². The average molecular weight is 411 g/mol. The largest absolute Gasteiger partial charge is 0.490 e. The van der Waals surface area contributed by atoms with Crippen LogP contribution in [0.3, 0.4) is 0 Å². The van der Waals surface area contributed by atoms with Crippen LogP contribution in [0.2, 0.25) is 0 Å². The van der Waals surface area contributed by atoms with Gasteiger partial charge in [0.25, 0.3) is 5.91 Å². The third-order valence-electron chi connectivity index (χ3n) is 3.84. The number of nitrogens with zero attached hydrogens (tertiary/aromatic N) is 1. The first kappa shape index (κ1) is 22.6. The molecule has 0 unspecified atom stereocenters. The van der Waals surface area contributed by atoms with E-state index in [0.717, 1.165) is 0 Å². The summed E-state index contributed by atoms with van der Waals surface area (Å²) in [5, 5.41) is 13.9.